The molecule has 2 aromatic heterocycles. The van der Waals surface area contributed by atoms with E-state index in [1.54, 1.807) is 6.26 Å². The Morgan fingerprint density at radius 2 is 1.94 bits per heavy atom. The minimum atomic E-state index is 0. The van der Waals surface area contributed by atoms with Crippen molar-refractivity contribution in [1.82, 2.24) is 20.5 Å². The molecule has 1 saturated heterocycles. The molecular formula is C24H33IN6O. The number of guanidine groups is 1. The molecule has 0 spiro atoms. The van der Waals surface area contributed by atoms with Crippen LogP contribution in [0, 0.1) is 0 Å². The number of hydrogen-bond donors (Lipinski definition) is 2. The van der Waals surface area contributed by atoms with Gasteiger partial charge in [-0.2, -0.15) is 0 Å². The number of benzene rings is 1. The number of anilines is 1. The SMILES string of the molecule is CN=C(NCc1cc(N(C)C)nc2ccccc12)NCC(c1ccco1)N1CCCC1.I. The van der Waals surface area contributed by atoms with Crippen LogP contribution in [0.2, 0.25) is 0 Å². The lowest BCUT2D eigenvalue weighted by Gasteiger charge is -2.26. The quantitative estimate of drug-likeness (QED) is 0.264. The second-order valence-electron chi connectivity index (χ2n) is 8.13. The van der Waals surface area contributed by atoms with Gasteiger partial charge in [-0.15, -0.1) is 24.0 Å². The summed E-state index contributed by atoms with van der Waals surface area (Å²) >= 11 is 0. The first-order valence-corrected chi connectivity index (χ1v) is 10.9. The van der Waals surface area contributed by atoms with E-state index in [1.165, 1.54) is 18.4 Å². The standard InChI is InChI=1S/C24H32N6O.HI/c1-25-24(27-17-21(22-11-8-14-31-22)30-12-6-7-13-30)26-16-18-15-23(29(2)3)28-20-10-5-4-9-19(18)20;/h4-5,8-11,14-15,21H,6-7,12-13,16-17H2,1-3H3,(H2,25,26,27);1H. The average Bonchev–Trinajstić information content (AvgIpc) is 3.50. The molecule has 32 heavy (non-hydrogen) atoms. The van der Waals surface area contributed by atoms with Crippen molar-refractivity contribution in [3.8, 4) is 0 Å². The van der Waals surface area contributed by atoms with Crippen molar-refractivity contribution in [3.05, 3.63) is 60.1 Å². The van der Waals surface area contributed by atoms with E-state index in [0.717, 1.165) is 48.1 Å². The number of nitrogens with one attached hydrogen (secondary N) is 2. The van der Waals surface area contributed by atoms with Gasteiger partial charge in [-0.25, -0.2) is 4.98 Å². The lowest BCUT2D eigenvalue weighted by Crippen LogP contribution is -2.42. The maximum absolute atomic E-state index is 5.73. The predicted molar refractivity (Wildman–Crippen MR) is 142 cm³/mol. The van der Waals surface area contributed by atoms with Crippen LogP contribution in [0.25, 0.3) is 10.9 Å². The number of aromatic nitrogens is 1. The highest BCUT2D eigenvalue weighted by Crippen LogP contribution is 2.25. The number of fused-ring (bicyclic) bond motifs is 1. The lowest BCUT2D eigenvalue weighted by molar-refractivity contribution is 0.215. The van der Waals surface area contributed by atoms with Crippen LogP contribution in [0.3, 0.4) is 0 Å². The number of furan rings is 1. The molecule has 172 valence electrons. The van der Waals surface area contributed by atoms with Crippen molar-refractivity contribution >= 4 is 46.7 Å². The van der Waals surface area contributed by atoms with Gasteiger partial charge in [0.2, 0.25) is 0 Å². The molecule has 3 heterocycles. The summed E-state index contributed by atoms with van der Waals surface area (Å²) in [5, 5.41) is 8.13. The van der Waals surface area contributed by atoms with Gasteiger partial charge in [-0.05, 0) is 55.8 Å². The summed E-state index contributed by atoms with van der Waals surface area (Å²) in [5.41, 5.74) is 2.19. The summed E-state index contributed by atoms with van der Waals surface area (Å²) in [7, 11) is 5.84. The van der Waals surface area contributed by atoms with Crippen molar-refractivity contribution < 1.29 is 4.42 Å². The molecule has 0 bridgehead atoms. The first kappa shape index (κ1) is 24.3. The van der Waals surface area contributed by atoms with E-state index in [2.05, 4.69) is 50.9 Å². The van der Waals surface area contributed by atoms with Crippen molar-refractivity contribution in [2.45, 2.75) is 25.4 Å². The maximum atomic E-state index is 5.73. The summed E-state index contributed by atoms with van der Waals surface area (Å²) in [6.45, 7) is 3.62. The number of nitrogens with zero attached hydrogens (tertiary/aromatic N) is 4. The van der Waals surface area contributed by atoms with Crippen molar-refractivity contribution in [3.63, 3.8) is 0 Å². The molecule has 3 aromatic rings. The van der Waals surface area contributed by atoms with Crippen molar-refractivity contribution in [2.75, 3.05) is 45.7 Å². The van der Waals surface area contributed by atoms with Crippen LogP contribution >= 0.6 is 24.0 Å². The van der Waals surface area contributed by atoms with E-state index >= 15 is 0 Å². The zero-order valence-electron chi connectivity index (χ0n) is 19.0. The summed E-state index contributed by atoms with van der Waals surface area (Å²) in [6, 6.07) is 14.6. The highest BCUT2D eigenvalue weighted by molar-refractivity contribution is 14.0. The van der Waals surface area contributed by atoms with Crippen LogP contribution in [-0.4, -0.2) is 56.6 Å². The number of aliphatic imine (C=N–C) groups is 1. The molecule has 0 saturated carbocycles. The van der Waals surface area contributed by atoms with Gasteiger partial charge >= 0.3 is 0 Å². The molecule has 1 aliphatic rings. The molecule has 1 aromatic carbocycles. The Morgan fingerprint density at radius 1 is 1.16 bits per heavy atom. The predicted octanol–water partition coefficient (Wildman–Crippen LogP) is 4.01. The number of para-hydroxylation sites is 1. The fourth-order valence-electron chi connectivity index (χ4n) is 4.14. The van der Waals surface area contributed by atoms with Gasteiger partial charge in [0.1, 0.15) is 11.6 Å². The Morgan fingerprint density at radius 3 is 2.62 bits per heavy atom. The zero-order valence-corrected chi connectivity index (χ0v) is 21.4. The molecule has 1 aliphatic heterocycles. The monoisotopic (exact) mass is 548 g/mol. The maximum Gasteiger partial charge on any atom is 0.191 e. The van der Waals surface area contributed by atoms with Crippen LogP contribution in [0.4, 0.5) is 5.82 Å². The van der Waals surface area contributed by atoms with Crippen LogP contribution < -0.4 is 15.5 Å². The molecule has 0 aliphatic carbocycles. The van der Waals surface area contributed by atoms with E-state index in [1.807, 2.05) is 38.2 Å². The third-order valence-electron chi connectivity index (χ3n) is 5.83. The number of hydrogen-bond acceptors (Lipinski definition) is 5. The smallest absolute Gasteiger partial charge is 0.191 e. The molecular weight excluding hydrogens is 515 g/mol. The highest BCUT2D eigenvalue weighted by atomic mass is 127. The third kappa shape index (κ3) is 5.72. The van der Waals surface area contributed by atoms with Crippen molar-refractivity contribution in [2.24, 2.45) is 4.99 Å². The Bertz CT molecular complexity index is 1010. The number of likely N-dealkylation sites (tertiary alicyclic amines) is 1. The molecule has 7 nitrogen and oxygen atoms in total. The lowest BCUT2D eigenvalue weighted by atomic mass is 10.1. The Kier molecular flexibility index (Phi) is 8.75. The second-order valence-corrected chi connectivity index (χ2v) is 8.13. The normalized spacial score (nSPS) is 15.4. The molecule has 1 fully saturated rings. The minimum absolute atomic E-state index is 0. The first-order valence-electron chi connectivity index (χ1n) is 10.9. The van der Waals surface area contributed by atoms with Gasteiger partial charge in [0.05, 0.1) is 17.8 Å². The van der Waals surface area contributed by atoms with Crippen LogP contribution in [0.15, 0.2) is 58.1 Å². The van der Waals surface area contributed by atoms with Gasteiger partial charge in [-0.3, -0.25) is 9.89 Å². The molecule has 8 heteroatoms. The van der Waals surface area contributed by atoms with Crippen molar-refractivity contribution in [1.29, 1.82) is 0 Å². The number of halogens is 1. The zero-order chi connectivity index (χ0) is 21.6. The minimum Gasteiger partial charge on any atom is -0.468 e. The summed E-state index contributed by atoms with van der Waals surface area (Å²) < 4.78 is 5.73. The average molecular weight is 548 g/mol. The van der Waals surface area contributed by atoms with Gasteiger partial charge in [-0.1, -0.05) is 18.2 Å². The fourth-order valence-corrected chi connectivity index (χ4v) is 4.14. The van der Waals surface area contributed by atoms with E-state index in [-0.39, 0.29) is 30.0 Å². The van der Waals surface area contributed by atoms with Gasteiger partial charge < -0.3 is 20.0 Å². The Balaban J connectivity index is 0.00000289. The van der Waals surface area contributed by atoms with Crippen LogP contribution in [-0.2, 0) is 6.54 Å². The first-order chi connectivity index (χ1) is 15.2. The number of pyridine rings is 1. The fraction of sp³-hybridized carbons (Fsp3) is 0.417. The largest absolute Gasteiger partial charge is 0.468 e. The molecule has 4 rings (SSSR count). The van der Waals surface area contributed by atoms with E-state index in [9.17, 15) is 0 Å². The van der Waals surface area contributed by atoms with Crippen LogP contribution in [0.5, 0.6) is 0 Å². The summed E-state index contributed by atoms with van der Waals surface area (Å²) in [6.07, 6.45) is 4.24. The molecule has 1 unspecified atom stereocenters. The molecule has 1 atom stereocenters. The second kappa shape index (κ2) is 11.5. The van der Waals surface area contributed by atoms with E-state index < -0.39 is 0 Å². The molecule has 0 amide bonds. The molecule has 2 N–H and O–H groups in total. The third-order valence-corrected chi connectivity index (χ3v) is 5.83. The molecule has 0 radical (unpaired) electrons. The summed E-state index contributed by atoms with van der Waals surface area (Å²) in [5.74, 6) is 2.73. The van der Waals surface area contributed by atoms with E-state index in [0.29, 0.717) is 6.54 Å². The number of rotatable bonds is 7. The highest BCUT2D eigenvalue weighted by Gasteiger charge is 2.25. The Labute approximate surface area is 207 Å². The summed E-state index contributed by atoms with van der Waals surface area (Å²) in [4.78, 5) is 13.7. The van der Waals surface area contributed by atoms with Gasteiger partial charge in [0, 0.05) is 39.6 Å². The Hall–Kier alpha value is -2.33. The van der Waals surface area contributed by atoms with E-state index in [4.69, 9.17) is 9.40 Å². The van der Waals surface area contributed by atoms with Gasteiger partial charge in [0.25, 0.3) is 0 Å². The topological polar surface area (TPSA) is 68.9 Å². The van der Waals surface area contributed by atoms with Crippen LogP contribution in [0.1, 0.15) is 30.2 Å². The van der Waals surface area contributed by atoms with Gasteiger partial charge in [0.15, 0.2) is 5.96 Å².